The number of carbonyl (C=O) groups excluding carboxylic acids is 1. The maximum absolute atomic E-state index is 12.6. The first-order valence-electron chi connectivity index (χ1n) is 9.82. The Balaban J connectivity index is 1.81. The molecule has 140 valence electrons. The van der Waals surface area contributed by atoms with Gasteiger partial charge in [-0.1, -0.05) is 26.7 Å². The van der Waals surface area contributed by atoms with Crippen molar-refractivity contribution >= 4 is 6.03 Å². The van der Waals surface area contributed by atoms with Crippen molar-refractivity contribution in [1.82, 2.24) is 15.1 Å². The van der Waals surface area contributed by atoms with Gasteiger partial charge in [-0.15, -0.1) is 0 Å². The minimum Gasteiger partial charge on any atom is -0.393 e. The first kappa shape index (κ1) is 19.5. The fourth-order valence-electron chi connectivity index (χ4n) is 4.20. The summed E-state index contributed by atoms with van der Waals surface area (Å²) < 4.78 is 0. The number of urea groups is 1. The summed E-state index contributed by atoms with van der Waals surface area (Å²) in [5, 5.41) is 12.7. The summed E-state index contributed by atoms with van der Waals surface area (Å²) in [6, 6.07) is 0.598. The summed E-state index contributed by atoms with van der Waals surface area (Å²) in [6.07, 6.45) is 8.00. The third-order valence-electron chi connectivity index (χ3n) is 5.41. The van der Waals surface area contributed by atoms with Crippen LogP contribution in [0.4, 0.5) is 4.79 Å². The average molecular weight is 340 g/mol. The molecule has 0 aromatic rings. The van der Waals surface area contributed by atoms with Crippen molar-refractivity contribution in [3.63, 3.8) is 0 Å². The molecule has 0 spiro atoms. The molecule has 24 heavy (non-hydrogen) atoms. The van der Waals surface area contributed by atoms with E-state index in [-0.39, 0.29) is 17.6 Å². The highest BCUT2D eigenvalue weighted by Crippen LogP contribution is 2.22. The standard InChI is InChI=1S/C19H37N3O2/c1-16(23)13-19(2,3)15-20-18(24)22-12-8-9-17(14-22)21-10-6-4-5-7-11-21/h16-17,23H,4-15H2,1-3H3,(H,20,24). The molecule has 2 aliphatic rings. The Morgan fingerprint density at radius 2 is 1.83 bits per heavy atom. The molecule has 2 unspecified atom stereocenters. The van der Waals surface area contributed by atoms with Crippen LogP contribution in [0.1, 0.15) is 65.7 Å². The third-order valence-corrected chi connectivity index (χ3v) is 5.41. The lowest BCUT2D eigenvalue weighted by molar-refractivity contribution is 0.105. The first-order valence-corrected chi connectivity index (χ1v) is 9.82. The zero-order chi connectivity index (χ0) is 17.6. The Morgan fingerprint density at radius 1 is 1.17 bits per heavy atom. The minimum absolute atomic E-state index is 0.0631. The average Bonchev–Trinajstić information content (AvgIpc) is 2.81. The highest BCUT2D eigenvalue weighted by molar-refractivity contribution is 5.74. The van der Waals surface area contributed by atoms with E-state index in [4.69, 9.17) is 0 Å². The van der Waals surface area contributed by atoms with Crippen molar-refractivity contribution in [3.8, 4) is 0 Å². The number of aliphatic hydroxyl groups is 1. The van der Waals surface area contributed by atoms with Crippen LogP contribution in [0.3, 0.4) is 0 Å². The van der Waals surface area contributed by atoms with Crippen LogP contribution >= 0.6 is 0 Å². The van der Waals surface area contributed by atoms with Gasteiger partial charge in [0.25, 0.3) is 0 Å². The largest absolute Gasteiger partial charge is 0.393 e. The molecule has 2 aliphatic heterocycles. The summed E-state index contributed by atoms with van der Waals surface area (Å²) in [6.45, 7) is 10.7. The lowest BCUT2D eigenvalue weighted by Crippen LogP contribution is -2.53. The molecule has 2 rings (SSSR count). The normalized spacial score (nSPS) is 25.2. The Bertz CT molecular complexity index is 390. The van der Waals surface area contributed by atoms with Gasteiger partial charge in [0.2, 0.25) is 0 Å². The predicted octanol–water partition coefficient (Wildman–Crippen LogP) is 2.83. The van der Waals surface area contributed by atoms with E-state index in [0.717, 1.165) is 19.5 Å². The number of hydrogen-bond donors (Lipinski definition) is 2. The van der Waals surface area contributed by atoms with E-state index in [9.17, 15) is 9.90 Å². The van der Waals surface area contributed by atoms with Crippen molar-refractivity contribution in [3.05, 3.63) is 0 Å². The predicted molar refractivity (Wildman–Crippen MR) is 98.1 cm³/mol. The maximum Gasteiger partial charge on any atom is 0.317 e. The molecule has 0 saturated carbocycles. The van der Waals surface area contributed by atoms with Gasteiger partial charge in [-0.25, -0.2) is 4.79 Å². The summed E-state index contributed by atoms with van der Waals surface area (Å²) >= 11 is 0. The number of hydrogen-bond acceptors (Lipinski definition) is 3. The molecular formula is C19H37N3O2. The Kier molecular flexibility index (Phi) is 7.35. The first-order chi connectivity index (χ1) is 11.4. The van der Waals surface area contributed by atoms with Gasteiger partial charge in [-0.3, -0.25) is 4.90 Å². The Hall–Kier alpha value is -0.810. The highest BCUT2D eigenvalue weighted by Gasteiger charge is 2.29. The molecular weight excluding hydrogens is 302 g/mol. The fraction of sp³-hybridized carbons (Fsp3) is 0.947. The van der Waals surface area contributed by atoms with Gasteiger partial charge in [0.1, 0.15) is 0 Å². The van der Waals surface area contributed by atoms with Crippen LogP contribution in [0.5, 0.6) is 0 Å². The molecule has 2 saturated heterocycles. The number of rotatable bonds is 5. The van der Waals surface area contributed by atoms with Crippen LogP contribution in [0.15, 0.2) is 0 Å². The number of likely N-dealkylation sites (tertiary alicyclic amines) is 2. The summed E-state index contributed by atoms with van der Waals surface area (Å²) in [5.74, 6) is 0. The summed E-state index contributed by atoms with van der Waals surface area (Å²) in [5.41, 5.74) is -0.0796. The van der Waals surface area contributed by atoms with E-state index < -0.39 is 0 Å². The molecule has 0 radical (unpaired) electrons. The Morgan fingerprint density at radius 3 is 2.46 bits per heavy atom. The molecule has 2 amide bonds. The lowest BCUT2D eigenvalue weighted by Gasteiger charge is -2.39. The van der Waals surface area contributed by atoms with Crippen LogP contribution in [-0.2, 0) is 0 Å². The summed E-state index contributed by atoms with van der Waals surface area (Å²) in [4.78, 5) is 17.2. The second-order valence-corrected chi connectivity index (χ2v) is 8.57. The van der Waals surface area contributed by atoms with E-state index in [1.54, 1.807) is 6.92 Å². The van der Waals surface area contributed by atoms with Crippen molar-refractivity contribution in [2.45, 2.75) is 77.9 Å². The van der Waals surface area contributed by atoms with Crippen LogP contribution < -0.4 is 5.32 Å². The molecule has 5 nitrogen and oxygen atoms in total. The van der Waals surface area contributed by atoms with E-state index >= 15 is 0 Å². The quantitative estimate of drug-likeness (QED) is 0.810. The molecule has 0 aromatic carbocycles. The van der Waals surface area contributed by atoms with Gasteiger partial charge in [0.05, 0.1) is 6.10 Å². The molecule has 2 atom stereocenters. The highest BCUT2D eigenvalue weighted by atomic mass is 16.3. The second kappa shape index (κ2) is 9.04. The van der Waals surface area contributed by atoms with Crippen molar-refractivity contribution in [2.24, 2.45) is 5.41 Å². The maximum atomic E-state index is 12.6. The molecule has 2 heterocycles. The van der Waals surface area contributed by atoms with Gasteiger partial charge in [0, 0.05) is 25.7 Å². The number of carbonyl (C=O) groups is 1. The van der Waals surface area contributed by atoms with Crippen LogP contribution in [0.25, 0.3) is 0 Å². The second-order valence-electron chi connectivity index (χ2n) is 8.57. The lowest BCUT2D eigenvalue weighted by atomic mass is 9.87. The topological polar surface area (TPSA) is 55.8 Å². The SMILES string of the molecule is CC(O)CC(C)(C)CNC(=O)N1CCCC(N2CCCCCC2)C1. The van der Waals surface area contributed by atoms with Crippen LogP contribution in [0.2, 0.25) is 0 Å². The summed E-state index contributed by atoms with van der Waals surface area (Å²) in [7, 11) is 0. The number of nitrogens with one attached hydrogen (secondary N) is 1. The van der Waals surface area contributed by atoms with Gasteiger partial charge in [-0.05, 0) is 57.5 Å². The molecule has 2 N–H and O–H groups in total. The fourth-order valence-corrected chi connectivity index (χ4v) is 4.20. The molecule has 0 bridgehead atoms. The minimum atomic E-state index is -0.334. The van der Waals surface area contributed by atoms with E-state index in [2.05, 4.69) is 24.1 Å². The molecule has 0 aromatic heterocycles. The number of aliphatic hydroxyl groups excluding tert-OH is 1. The van der Waals surface area contributed by atoms with Crippen LogP contribution in [-0.4, -0.2) is 65.8 Å². The van der Waals surface area contributed by atoms with Crippen molar-refractivity contribution in [2.75, 3.05) is 32.7 Å². The number of nitrogens with zero attached hydrogens (tertiary/aromatic N) is 2. The zero-order valence-corrected chi connectivity index (χ0v) is 15.9. The molecule has 0 aliphatic carbocycles. The Labute approximate surface area is 147 Å². The monoisotopic (exact) mass is 339 g/mol. The number of amides is 2. The van der Waals surface area contributed by atoms with Crippen molar-refractivity contribution < 1.29 is 9.90 Å². The number of piperidine rings is 1. The van der Waals surface area contributed by atoms with Crippen molar-refractivity contribution in [1.29, 1.82) is 0 Å². The smallest absolute Gasteiger partial charge is 0.317 e. The molecule has 2 fully saturated rings. The molecule has 5 heteroatoms. The van der Waals surface area contributed by atoms with E-state index in [1.807, 2.05) is 4.90 Å². The van der Waals surface area contributed by atoms with Gasteiger partial charge >= 0.3 is 6.03 Å². The zero-order valence-electron chi connectivity index (χ0n) is 15.9. The van der Waals surface area contributed by atoms with Gasteiger partial charge in [-0.2, -0.15) is 0 Å². The van der Waals surface area contributed by atoms with E-state index in [1.165, 1.54) is 45.2 Å². The van der Waals surface area contributed by atoms with Gasteiger partial charge in [0.15, 0.2) is 0 Å². The third kappa shape index (κ3) is 6.25. The van der Waals surface area contributed by atoms with Gasteiger partial charge < -0.3 is 15.3 Å². The van der Waals surface area contributed by atoms with Crippen LogP contribution in [0, 0.1) is 5.41 Å². The van der Waals surface area contributed by atoms with E-state index in [0.29, 0.717) is 19.0 Å².